The molecule has 0 spiro atoms. The zero-order valence-electron chi connectivity index (χ0n) is 16.1. The van der Waals surface area contributed by atoms with Crippen LogP contribution in [0.25, 0.3) is 5.69 Å². The lowest BCUT2D eigenvalue weighted by atomic mass is 9.95. The van der Waals surface area contributed by atoms with Gasteiger partial charge >= 0.3 is 0 Å². The van der Waals surface area contributed by atoms with Gasteiger partial charge in [0.1, 0.15) is 5.82 Å². The van der Waals surface area contributed by atoms with Gasteiger partial charge in [-0.2, -0.15) is 5.10 Å². The fourth-order valence-electron chi connectivity index (χ4n) is 3.39. The summed E-state index contributed by atoms with van der Waals surface area (Å²) in [5.41, 5.74) is 3.76. The molecule has 140 valence electrons. The van der Waals surface area contributed by atoms with Crippen molar-refractivity contribution in [1.82, 2.24) is 24.6 Å². The highest BCUT2D eigenvalue weighted by atomic mass is 16.1. The Kier molecular flexibility index (Phi) is 4.44. The van der Waals surface area contributed by atoms with Crippen LogP contribution in [0.1, 0.15) is 43.4 Å². The van der Waals surface area contributed by atoms with Gasteiger partial charge in [-0.25, -0.2) is 9.67 Å². The average Bonchev–Trinajstić information content (AvgIpc) is 3.10. The minimum Gasteiger partial charge on any atom is -0.310 e. The number of hydrogen-bond acceptors (Lipinski definition) is 4. The molecule has 0 saturated heterocycles. The number of nitrogens with one attached hydrogen (secondary N) is 1. The van der Waals surface area contributed by atoms with Gasteiger partial charge in [-0.1, -0.05) is 39.0 Å². The van der Waals surface area contributed by atoms with E-state index in [1.165, 1.54) is 0 Å². The van der Waals surface area contributed by atoms with Gasteiger partial charge in [0.2, 0.25) is 0 Å². The monoisotopic (exact) mass is 363 g/mol. The highest BCUT2D eigenvalue weighted by Gasteiger charge is 2.25. The molecule has 6 nitrogen and oxygen atoms in total. The number of para-hydroxylation sites is 1. The summed E-state index contributed by atoms with van der Waals surface area (Å²) in [6, 6.07) is 10.1. The van der Waals surface area contributed by atoms with Gasteiger partial charge < -0.3 is 4.98 Å². The van der Waals surface area contributed by atoms with Crippen LogP contribution in [-0.4, -0.2) is 31.2 Å². The second-order valence-corrected chi connectivity index (χ2v) is 8.18. The molecule has 6 heteroatoms. The maximum Gasteiger partial charge on any atom is 0.255 e. The maximum atomic E-state index is 12.6. The van der Waals surface area contributed by atoms with E-state index in [-0.39, 0.29) is 11.0 Å². The highest BCUT2D eigenvalue weighted by molar-refractivity contribution is 5.31. The van der Waals surface area contributed by atoms with Crippen LogP contribution >= 0.6 is 0 Å². The van der Waals surface area contributed by atoms with Gasteiger partial charge in [-0.3, -0.25) is 9.69 Å². The molecule has 0 atom stereocenters. The summed E-state index contributed by atoms with van der Waals surface area (Å²) < 4.78 is 1.89. The van der Waals surface area contributed by atoms with Crippen LogP contribution in [0.4, 0.5) is 0 Å². The molecule has 27 heavy (non-hydrogen) atoms. The van der Waals surface area contributed by atoms with Crippen LogP contribution in [-0.2, 0) is 24.9 Å². The topological polar surface area (TPSA) is 66.8 Å². The van der Waals surface area contributed by atoms with E-state index in [2.05, 4.69) is 42.0 Å². The minimum absolute atomic E-state index is 0.00499. The van der Waals surface area contributed by atoms with Crippen molar-refractivity contribution in [3.63, 3.8) is 0 Å². The van der Waals surface area contributed by atoms with Gasteiger partial charge in [0, 0.05) is 43.2 Å². The Hall–Kier alpha value is -2.73. The molecule has 0 saturated carbocycles. The Morgan fingerprint density at radius 3 is 2.70 bits per heavy atom. The van der Waals surface area contributed by atoms with Gasteiger partial charge in [0.25, 0.3) is 5.56 Å². The standard InChI is InChI=1S/C21H25N5O/c1-21(2,3)20-23-18-9-10-25(14-17(18)19(27)24-20)12-15-11-22-26(13-15)16-7-5-4-6-8-16/h4-8,11,13H,9-10,12,14H2,1-3H3,(H,23,24,27). The number of rotatable bonds is 3. The summed E-state index contributed by atoms with van der Waals surface area (Å²) in [7, 11) is 0. The van der Waals surface area contributed by atoms with Crippen molar-refractivity contribution in [1.29, 1.82) is 0 Å². The number of H-pyrrole nitrogens is 1. The Bertz CT molecular complexity index is 997. The molecule has 3 aromatic rings. The fraction of sp³-hybridized carbons (Fsp3) is 0.381. The summed E-state index contributed by atoms with van der Waals surface area (Å²) in [4.78, 5) is 22.6. The molecule has 2 aromatic heterocycles. The Morgan fingerprint density at radius 1 is 1.19 bits per heavy atom. The van der Waals surface area contributed by atoms with Crippen molar-refractivity contribution in [2.75, 3.05) is 6.54 Å². The molecule has 0 unspecified atom stereocenters. The average molecular weight is 363 g/mol. The first kappa shape index (κ1) is 17.7. The minimum atomic E-state index is -0.155. The van der Waals surface area contributed by atoms with Gasteiger partial charge in [-0.05, 0) is 12.1 Å². The molecule has 4 rings (SSSR count). The first-order chi connectivity index (χ1) is 12.9. The molecule has 3 heterocycles. The Labute approximate surface area is 158 Å². The predicted molar refractivity (Wildman–Crippen MR) is 105 cm³/mol. The quantitative estimate of drug-likeness (QED) is 0.777. The number of aromatic amines is 1. The van der Waals surface area contributed by atoms with Crippen LogP contribution in [0.2, 0.25) is 0 Å². The highest BCUT2D eigenvalue weighted by Crippen LogP contribution is 2.21. The third-order valence-corrected chi connectivity index (χ3v) is 4.92. The molecule has 1 aromatic carbocycles. The van der Waals surface area contributed by atoms with E-state index in [1.807, 2.05) is 41.2 Å². The lowest BCUT2D eigenvalue weighted by Crippen LogP contribution is -2.37. The summed E-state index contributed by atoms with van der Waals surface area (Å²) in [5, 5.41) is 4.46. The third kappa shape index (κ3) is 3.71. The van der Waals surface area contributed by atoms with E-state index < -0.39 is 0 Å². The van der Waals surface area contributed by atoms with Crippen molar-refractivity contribution in [3.8, 4) is 5.69 Å². The summed E-state index contributed by atoms with van der Waals surface area (Å²) in [5.74, 6) is 0.767. The molecular weight excluding hydrogens is 338 g/mol. The summed E-state index contributed by atoms with van der Waals surface area (Å²) in [6.07, 6.45) is 4.75. The number of benzene rings is 1. The van der Waals surface area contributed by atoms with Crippen molar-refractivity contribution in [2.24, 2.45) is 0 Å². The number of hydrogen-bond donors (Lipinski definition) is 1. The lowest BCUT2D eigenvalue weighted by molar-refractivity contribution is 0.241. The lowest BCUT2D eigenvalue weighted by Gasteiger charge is -2.28. The molecule has 0 radical (unpaired) electrons. The van der Waals surface area contributed by atoms with Gasteiger partial charge in [0.05, 0.1) is 23.1 Å². The van der Waals surface area contributed by atoms with E-state index in [9.17, 15) is 4.79 Å². The maximum absolute atomic E-state index is 12.6. The van der Waals surface area contributed by atoms with Crippen molar-refractivity contribution in [3.05, 3.63) is 75.7 Å². The zero-order chi connectivity index (χ0) is 19.0. The molecular formula is C21H25N5O. The smallest absolute Gasteiger partial charge is 0.255 e. The molecule has 0 bridgehead atoms. The Balaban J connectivity index is 1.51. The van der Waals surface area contributed by atoms with E-state index in [0.717, 1.165) is 47.8 Å². The molecule has 0 fully saturated rings. The molecule has 0 aliphatic carbocycles. The molecule has 1 aliphatic heterocycles. The second-order valence-electron chi connectivity index (χ2n) is 8.18. The number of fused-ring (bicyclic) bond motifs is 1. The first-order valence-corrected chi connectivity index (χ1v) is 9.34. The summed E-state index contributed by atoms with van der Waals surface area (Å²) >= 11 is 0. The van der Waals surface area contributed by atoms with Crippen LogP contribution < -0.4 is 5.56 Å². The largest absolute Gasteiger partial charge is 0.310 e. The van der Waals surface area contributed by atoms with Crippen molar-refractivity contribution in [2.45, 2.75) is 45.7 Å². The van der Waals surface area contributed by atoms with E-state index >= 15 is 0 Å². The molecule has 1 aliphatic rings. The van der Waals surface area contributed by atoms with Crippen molar-refractivity contribution >= 4 is 0 Å². The number of nitrogens with zero attached hydrogens (tertiary/aromatic N) is 4. The zero-order valence-corrected chi connectivity index (χ0v) is 16.1. The van der Waals surface area contributed by atoms with Crippen molar-refractivity contribution < 1.29 is 0 Å². The van der Waals surface area contributed by atoms with Gasteiger partial charge in [0.15, 0.2) is 0 Å². The molecule has 0 amide bonds. The normalized spacial score (nSPS) is 14.9. The van der Waals surface area contributed by atoms with E-state index in [1.54, 1.807) is 0 Å². The predicted octanol–water partition coefficient (Wildman–Crippen LogP) is 2.81. The molecule has 1 N–H and O–H groups in total. The van der Waals surface area contributed by atoms with Crippen LogP contribution in [0, 0.1) is 0 Å². The number of aromatic nitrogens is 4. The first-order valence-electron chi connectivity index (χ1n) is 9.34. The van der Waals surface area contributed by atoms with Crippen LogP contribution in [0.5, 0.6) is 0 Å². The van der Waals surface area contributed by atoms with E-state index in [4.69, 9.17) is 4.98 Å². The van der Waals surface area contributed by atoms with E-state index in [0.29, 0.717) is 6.54 Å². The Morgan fingerprint density at radius 2 is 1.96 bits per heavy atom. The SMILES string of the molecule is CC(C)(C)c1nc2c(c(=O)[nH]1)CN(Cc1cnn(-c3ccccc3)c1)CC2. The third-order valence-electron chi connectivity index (χ3n) is 4.92. The van der Waals surface area contributed by atoms with Crippen LogP contribution in [0.3, 0.4) is 0 Å². The second kappa shape index (κ2) is 6.78. The fourth-order valence-corrected chi connectivity index (χ4v) is 3.39. The van der Waals surface area contributed by atoms with Crippen LogP contribution in [0.15, 0.2) is 47.5 Å². The summed E-state index contributed by atoms with van der Waals surface area (Å²) in [6.45, 7) is 8.49. The van der Waals surface area contributed by atoms with Gasteiger partial charge in [-0.15, -0.1) is 0 Å².